The Bertz CT molecular complexity index is 1030. The highest BCUT2D eigenvalue weighted by atomic mass is 32.2. The van der Waals surface area contributed by atoms with Gasteiger partial charge in [-0.1, -0.05) is 30.3 Å². The molecule has 0 radical (unpaired) electrons. The van der Waals surface area contributed by atoms with Crippen LogP contribution in [0.4, 0.5) is 0 Å². The number of hydrogen-bond donors (Lipinski definition) is 1. The fraction of sp³-hybridized carbons (Fsp3) is 0.0625. The van der Waals surface area contributed by atoms with Crippen molar-refractivity contribution in [1.82, 2.24) is 5.16 Å². The summed E-state index contributed by atoms with van der Waals surface area (Å²) in [5.41, 5.74) is 0.529. The summed E-state index contributed by atoms with van der Waals surface area (Å²) in [6.45, 7) is 0. The molecule has 1 heterocycles. The number of carboxylic acid groups (broad SMARTS) is 1. The Morgan fingerprint density at radius 2 is 1.81 bits per heavy atom. The van der Waals surface area contributed by atoms with E-state index in [-0.39, 0.29) is 22.0 Å². The van der Waals surface area contributed by atoms with E-state index in [0.29, 0.717) is 5.56 Å². The Labute approximate surface area is 147 Å². The smallest absolute Gasteiger partial charge is 0.420 e. The first-order valence-electron chi connectivity index (χ1n) is 7.26. The number of benzene rings is 2. The quantitative estimate of drug-likeness (QED) is 0.641. The zero-order valence-corrected chi connectivity index (χ0v) is 13.9. The molecular weight excluding hydrogens is 364 g/mol. The van der Waals surface area contributed by atoms with Crippen LogP contribution in [0.3, 0.4) is 0 Å². The van der Waals surface area contributed by atoms with Crippen molar-refractivity contribution in [1.29, 1.82) is 0 Å². The average molecular weight is 376 g/mol. The van der Waals surface area contributed by atoms with Gasteiger partial charge in [-0.05, 0) is 34.7 Å². The predicted molar refractivity (Wildman–Crippen MR) is 85.2 cm³/mol. The zero-order valence-electron chi connectivity index (χ0n) is 13.1. The second-order valence-electron chi connectivity index (χ2n) is 5.17. The lowest BCUT2D eigenvalue weighted by atomic mass is 10.1. The van der Waals surface area contributed by atoms with Gasteiger partial charge in [-0.25, -0.2) is 8.42 Å². The molecule has 0 aliphatic rings. The molecule has 1 aromatic heterocycles. The molecule has 3 rings (SSSR count). The van der Waals surface area contributed by atoms with Gasteiger partial charge in [0.1, 0.15) is 5.75 Å². The van der Waals surface area contributed by atoms with Gasteiger partial charge in [0.05, 0.1) is 16.5 Å². The topological polar surface area (TPSA) is 134 Å². The molecular formula is C16H12N2O7S. The van der Waals surface area contributed by atoms with Crippen LogP contribution in [0.2, 0.25) is 0 Å². The standard InChI is InChI=1S/C16H12N2O7S/c19-14(20)10-11-6-8-12(9-7-11)24-15-16(18(21)25-17-15)26(22,23)13-4-2-1-3-5-13/h1-9H,10H2,(H,19,20). The maximum Gasteiger partial charge on any atom is 0.420 e. The van der Waals surface area contributed by atoms with E-state index in [0.717, 1.165) is 0 Å². The number of carbonyl (C=O) groups is 1. The van der Waals surface area contributed by atoms with Gasteiger partial charge in [0, 0.05) is 0 Å². The summed E-state index contributed by atoms with van der Waals surface area (Å²) in [5, 5.41) is 23.1. The molecule has 0 unspecified atom stereocenters. The highest BCUT2D eigenvalue weighted by Crippen LogP contribution is 2.28. The highest BCUT2D eigenvalue weighted by Gasteiger charge is 2.36. The lowest BCUT2D eigenvalue weighted by Gasteiger charge is -2.04. The Morgan fingerprint density at radius 3 is 2.42 bits per heavy atom. The van der Waals surface area contributed by atoms with Gasteiger partial charge in [-0.3, -0.25) is 9.42 Å². The van der Waals surface area contributed by atoms with Crippen LogP contribution in [0.15, 0.2) is 69.1 Å². The van der Waals surface area contributed by atoms with Gasteiger partial charge >= 0.3 is 16.9 Å². The molecule has 0 fully saturated rings. The van der Waals surface area contributed by atoms with E-state index >= 15 is 0 Å². The van der Waals surface area contributed by atoms with Gasteiger partial charge in [0.2, 0.25) is 0 Å². The minimum Gasteiger partial charge on any atom is -0.481 e. The molecule has 9 nitrogen and oxygen atoms in total. The normalized spacial score (nSPS) is 11.2. The minimum atomic E-state index is -4.21. The van der Waals surface area contributed by atoms with Crippen molar-refractivity contribution in [2.24, 2.45) is 0 Å². The molecule has 0 aliphatic heterocycles. The van der Waals surface area contributed by atoms with Crippen molar-refractivity contribution in [3.05, 3.63) is 65.4 Å². The number of nitrogens with zero attached hydrogens (tertiary/aromatic N) is 2. The second kappa shape index (κ2) is 6.84. The monoisotopic (exact) mass is 376 g/mol. The first-order valence-corrected chi connectivity index (χ1v) is 8.74. The molecule has 134 valence electrons. The second-order valence-corrected chi connectivity index (χ2v) is 7.04. The van der Waals surface area contributed by atoms with E-state index < -0.39 is 26.7 Å². The van der Waals surface area contributed by atoms with Crippen molar-refractivity contribution in [3.63, 3.8) is 0 Å². The number of hydrogen-bond acceptors (Lipinski definition) is 7. The molecule has 0 amide bonds. The average Bonchev–Trinajstić information content (AvgIpc) is 2.98. The number of aliphatic carboxylic acids is 1. The number of rotatable bonds is 6. The molecule has 0 bridgehead atoms. The van der Waals surface area contributed by atoms with Crippen LogP contribution in [0, 0.1) is 5.21 Å². The summed E-state index contributed by atoms with van der Waals surface area (Å²) in [4.78, 5) is 10.3. The molecule has 0 aliphatic carbocycles. The van der Waals surface area contributed by atoms with Gasteiger partial charge in [0.15, 0.2) is 0 Å². The molecule has 1 N–H and O–H groups in total. The summed E-state index contributed by atoms with van der Waals surface area (Å²) in [5.74, 6) is -1.34. The maximum atomic E-state index is 12.6. The van der Waals surface area contributed by atoms with Gasteiger partial charge in [-0.2, -0.15) is 0 Å². The maximum absolute atomic E-state index is 12.6. The van der Waals surface area contributed by atoms with Crippen LogP contribution in [0.25, 0.3) is 0 Å². The molecule has 2 aromatic carbocycles. The fourth-order valence-electron chi connectivity index (χ4n) is 2.18. The number of carboxylic acids is 1. The lowest BCUT2D eigenvalue weighted by molar-refractivity contribution is -0.832. The van der Waals surface area contributed by atoms with Crippen molar-refractivity contribution >= 4 is 15.8 Å². The molecule has 10 heteroatoms. The molecule has 26 heavy (non-hydrogen) atoms. The van der Waals surface area contributed by atoms with Crippen LogP contribution >= 0.6 is 0 Å². The van der Waals surface area contributed by atoms with E-state index in [4.69, 9.17) is 9.84 Å². The van der Waals surface area contributed by atoms with Crippen LogP contribution in [-0.2, 0) is 21.1 Å². The third-order valence-corrected chi connectivity index (χ3v) is 5.07. The first kappa shape index (κ1) is 17.4. The fourth-order valence-corrected chi connectivity index (χ4v) is 3.45. The molecule has 0 saturated heterocycles. The van der Waals surface area contributed by atoms with Crippen LogP contribution in [0.5, 0.6) is 11.6 Å². The first-order chi connectivity index (χ1) is 12.4. The van der Waals surface area contributed by atoms with E-state index in [1.807, 2.05) is 0 Å². The molecule has 0 saturated carbocycles. The van der Waals surface area contributed by atoms with Crippen LogP contribution < -0.4 is 9.64 Å². The summed E-state index contributed by atoms with van der Waals surface area (Å²) < 4.78 is 35.0. The summed E-state index contributed by atoms with van der Waals surface area (Å²) in [6, 6.07) is 13.2. The van der Waals surface area contributed by atoms with Crippen molar-refractivity contribution < 1.29 is 32.6 Å². The van der Waals surface area contributed by atoms with Gasteiger partial charge in [-0.15, -0.1) is 0 Å². The third-order valence-electron chi connectivity index (χ3n) is 3.35. The predicted octanol–water partition coefficient (Wildman–Crippen LogP) is 1.56. The van der Waals surface area contributed by atoms with Crippen molar-refractivity contribution in [2.45, 2.75) is 16.3 Å². The van der Waals surface area contributed by atoms with E-state index in [1.165, 1.54) is 48.5 Å². The highest BCUT2D eigenvalue weighted by molar-refractivity contribution is 7.91. The number of aromatic nitrogens is 2. The van der Waals surface area contributed by atoms with Gasteiger partial charge in [0.25, 0.3) is 9.84 Å². The largest absolute Gasteiger partial charge is 0.481 e. The summed E-state index contributed by atoms with van der Waals surface area (Å²) >= 11 is 0. The van der Waals surface area contributed by atoms with E-state index in [2.05, 4.69) is 9.79 Å². The van der Waals surface area contributed by atoms with Crippen LogP contribution in [-0.4, -0.2) is 24.7 Å². The van der Waals surface area contributed by atoms with Crippen molar-refractivity contribution in [3.8, 4) is 11.6 Å². The Morgan fingerprint density at radius 1 is 1.15 bits per heavy atom. The third kappa shape index (κ3) is 3.49. The van der Waals surface area contributed by atoms with E-state index in [1.54, 1.807) is 6.07 Å². The Kier molecular flexibility index (Phi) is 4.59. The van der Waals surface area contributed by atoms with Crippen molar-refractivity contribution in [2.75, 3.05) is 0 Å². The summed E-state index contributed by atoms with van der Waals surface area (Å²) in [7, 11) is -4.21. The SMILES string of the molecule is O=C(O)Cc1ccc(Oc2no[n+]([O-])c2S(=O)(=O)c2ccccc2)cc1. The summed E-state index contributed by atoms with van der Waals surface area (Å²) in [6.07, 6.45) is -0.168. The Balaban J connectivity index is 1.93. The van der Waals surface area contributed by atoms with Gasteiger partial charge < -0.3 is 15.1 Å². The molecule has 3 aromatic rings. The van der Waals surface area contributed by atoms with E-state index in [9.17, 15) is 18.4 Å². The molecule has 0 atom stereocenters. The Hall–Kier alpha value is -3.40. The number of ether oxygens (including phenoxy) is 1. The molecule has 0 spiro atoms. The zero-order chi connectivity index (χ0) is 18.7. The lowest BCUT2D eigenvalue weighted by Crippen LogP contribution is -2.30. The minimum absolute atomic E-state index is 0.116. The number of sulfone groups is 1. The van der Waals surface area contributed by atoms with Crippen LogP contribution in [0.1, 0.15) is 5.56 Å².